The number of likely N-dealkylation sites (tertiary alicyclic amines) is 1. The van der Waals surface area contributed by atoms with E-state index in [-0.39, 0.29) is 24.4 Å². The molecule has 0 radical (unpaired) electrons. The maximum atomic E-state index is 12.8. The fraction of sp³-hybridized carbons (Fsp3) is 0.550. The number of anilines is 1. The second-order valence-corrected chi connectivity index (χ2v) is 7.70. The Kier molecular flexibility index (Phi) is 5.49. The van der Waals surface area contributed by atoms with Gasteiger partial charge >= 0.3 is 12.0 Å². The number of rotatable bonds is 5. The first-order valence-electron chi connectivity index (χ1n) is 9.56. The van der Waals surface area contributed by atoms with Gasteiger partial charge in [-0.3, -0.25) is 9.59 Å². The fourth-order valence-electron chi connectivity index (χ4n) is 4.28. The standard InChI is InChI=1S/C20H27N3O5/c1-4-28-16-10-13(17(24)22(2)3)7-8-15(16)21-19(27)23-11-14-6-5-9-20(14,12-23)18(25)26/h7-8,10,14H,4-6,9,11-12H2,1-3H3,(H,21,27)(H,25,26)/t14-,20+/m0/s1. The highest BCUT2D eigenvalue weighted by molar-refractivity contribution is 5.97. The molecule has 2 atom stereocenters. The van der Waals surface area contributed by atoms with Gasteiger partial charge in [0, 0.05) is 32.7 Å². The minimum absolute atomic E-state index is 0.00204. The number of aliphatic carboxylic acids is 1. The SMILES string of the molecule is CCOc1cc(C(=O)N(C)C)ccc1NC(=O)N1C[C@@H]2CCC[C@@]2(C(=O)O)C1. The number of fused-ring (bicyclic) bond motifs is 1. The van der Waals surface area contributed by atoms with Gasteiger partial charge in [0.1, 0.15) is 5.75 Å². The second-order valence-electron chi connectivity index (χ2n) is 7.70. The Morgan fingerprint density at radius 2 is 2.11 bits per heavy atom. The largest absolute Gasteiger partial charge is 0.492 e. The zero-order chi connectivity index (χ0) is 20.5. The maximum Gasteiger partial charge on any atom is 0.321 e. The van der Waals surface area contributed by atoms with Gasteiger partial charge in [0.15, 0.2) is 0 Å². The number of ether oxygens (including phenoxy) is 1. The molecule has 1 saturated heterocycles. The van der Waals surface area contributed by atoms with E-state index in [1.54, 1.807) is 37.2 Å². The number of carbonyl (C=O) groups excluding carboxylic acids is 2. The van der Waals surface area contributed by atoms with Gasteiger partial charge in [-0.2, -0.15) is 0 Å². The van der Waals surface area contributed by atoms with Crippen LogP contribution in [0, 0.1) is 11.3 Å². The van der Waals surface area contributed by atoms with Crippen molar-refractivity contribution in [3.05, 3.63) is 23.8 Å². The van der Waals surface area contributed by atoms with Gasteiger partial charge in [-0.25, -0.2) is 4.79 Å². The Labute approximate surface area is 164 Å². The molecule has 152 valence electrons. The van der Waals surface area contributed by atoms with Crippen molar-refractivity contribution in [2.75, 3.05) is 39.1 Å². The third kappa shape index (κ3) is 3.50. The molecule has 2 N–H and O–H groups in total. The summed E-state index contributed by atoms with van der Waals surface area (Å²) >= 11 is 0. The molecule has 1 aliphatic heterocycles. The number of hydrogen-bond acceptors (Lipinski definition) is 4. The molecule has 3 rings (SSSR count). The number of nitrogens with one attached hydrogen (secondary N) is 1. The summed E-state index contributed by atoms with van der Waals surface area (Å²) in [6.07, 6.45) is 2.34. The molecule has 1 aromatic carbocycles. The maximum absolute atomic E-state index is 12.8. The van der Waals surface area contributed by atoms with E-state index in [0.717, 1.165) is 12.8 Å². The van der Waals surface area contributed by atoms with E-state index < -0.39 is 11.4 Å². The molecule has 0 bridgehead atoms. The quantitative estimate of drug-likeness (QED) is 0.806. The number of carbonyl (C=O) groups is 3. The predicted molar refractivity (Wildman–Crippen MR) is 104 cm³/mol. The van der Waals surface area contributed by atoms with Gasteiger partial charge in [-0.1, -0.05) is 6.42 Å². The van der Waals surface area contributed by atoms with E-state index in [2.05, 4.69) is 5.32 Å². The van der Waals surface area contributed by atoms with Crippen LogP contribution in [0.2, 0.25) is 0 Å². The molecule has 28 heavy (non-hydrogen) atoms. The highest BCUT2D eigenvalue weighted by Crippen LogP contribution is 2.49. The minimum atomic E-state index is -0.817. The lowest BCUT2D eigenvalue weighted by atomic mass is 9.81. The molecule has 0 spiro atoms. The molecular weight excluding hydrogens is 362 g/mol. The van der Waals surface area contributed by atoms with E-state index in [1.807, 2.05) is 6.92 Å². The first-order chi connectivity index (χ1) is 13.3. The van der Waals surface area contributed by atoms with Crippen LogP contribution in [0.4, 0.5) is 10.5 Å². The molecule has 0 aromatic heterocycles. The van der Waals surface area contributed by atoms with Gasteiger partial charge in [-0.05, 0) is 43.9 Å². The molecule has 2 aliphatic rings. The average Bonchev–Trinajstić information content (AvgIpc) is 3.21. The number of hydrogen-bond donors (Lipinski definition) is 2. The Morgan fingerprint density at radius 1 is 1.36 bits per heavy atom. The highest BCUT2D eigenvalue weighted by atomic mass is 16.5. The van der Waals surface area contributed by atoms with E-state index in [4.69, 9.17) is 4.74 Å². The monoisotopic (exact) mass is 389 g/mol. The van der Waals surface area contributed by atoms with Crippen LogP contribution in [0.25, 0.3) is 0 Å². The fourth-order valence-corrected chi connectivity index (χ4v) is 4.28. The lowest BCUT2D eigenvalue weighted by molar-refractivity contribution is -0.149. The van der Waals surface area contributed by atoms with Crippen LogP contribution in [-0.2, 0) is 4.79 Å². The highest BCUT2D eigenvalue weighted by Gasteiger charge is 2.55. The van der Waals surface area contributed by atoms with Crippen LogP contribution in [0.5, 0.6) is 5.75 Å². The number of carboxylic acid groups (broad SMARTS) is 1. The van der Waals surface area contributed by atoms with E-state index >= 15 is 0 Å². The number of carboxylic acids is 1. The van der Waals surface area contributed by atoms with Crippen molar-refractivity contribution in [3.63, 3.8) is 0 Å². The number of urea groups is 1. The third-order valence-electron chi connectivity index (χ3n) is 5.76. The van der Waals surface area contributed by atoms with Crippen LogP contribution < -0.4 is 10.1 Å². The summed E-state index contributed by atoms with van der Waals surface area (Å²) in [5.41, 5.74) is 0.109. The van der Waals surface area contributed by atoms with Gasteiger partial charge < -0.3 is 25.0 Å². The molecule has 2 fully saturated rings. The summed E-state index contributed by atoms with van der Waals surface area (Å²) in [7, 11) is 3.34. The van der Waals surface area contributed by atoms with Crippen LogP contribution in [-0.4, -0.2) is 66.6 Å². The topological polar surface area (TPSA) is 99.2 Å². The molecule has 1 aliphatic carbocycles. The third-order valence-corrected chi connectivity index (χ3v) is 5.76. The smallest absolute Gasteiger partial charge is 0.321 e. The van der Waals surface area contributed by atoms with Crippen LogP contribution in [0.15, 0.2) is 18.2 Å². The first-order valence-corrected chi connectivity index (χ1v) is 9.56. The van der Waals surface area contributed by atoms with Crippen LogP contribution in [0.1, 0.15) is 36.5 Å². The van der Waals surface area contributed by atoms with Crippen molar-refractivity contribution >= 4 is 23.6 Å². The molecule has 1 saturated carbocycles. The number of benzene rings is 1. The Balaban J connectivity index is 1.77. The van der Waals surface area contributed by atoms with Gasteiger partial charge in [0.2, 0.25) is 0 Å². The molecular formula is C20H27N3O5. The van der Waals surface area contributed by atoms with Crippen molar-refractivity contribution in [2.24, 2.45) is 11.3 Å². The normalized spacial score (nSPS) is 23.2. The summed E-state index contributed by atoms with van der Waals surface area (Å²) in [5.74, 6) is -0.556. The van der Waals surface area contributed by atoms with E-state index in [1.165, 1.54) is 4.90 Å². The van der Waals surface area contributed by atoms with Gasteiger partial charge in [0.25, 0.3) is 5.91 Å². The Morgan fingerprint density at radius 3 is 2.71 bits per heavy atom. The summed E-state index contributed by atoms with van der Waals surface area (Å²) in [5, 5.41) is 12.5. The Hall–Kier alpha value is -2.77. The van der Waals surface area contributed by atoms with Gasteiger partial charge in [0.05, 0.1) is 17.7 Å². The zero-order valence-electron chi connectivity index (χ0n) is 16.5. The average molecular weight is 389 g/mol. The Bertz CT molecular complexity index is 794. The van der Waals surface area contributed by atoms with Crippen molar-refractivity contribution in [1.82, 2.24) is 9.80 Å². The van der Waals surface area contributed by atoms with Crippen molar-refractivity contribution in [1.29, 1.82) is 0 Å². The lowest BCUT2D eigenvalue weighted by Gasteiger charge is -2.23. The predicted octanol–water partition coefficient (Wildman–Crippen LogP) is 2.51. The van der Waals surface area contributed by atoms with Crippen molar-refractivity contribution < 1.29 is 24.2 Å². The van der Waals surface area contributed by atoms with Crippen LogP contribution in [0.3, 0.4) is 0 Å². The summed E-state index contributed by atoms with van der Waals surface area (Å²) < 4.78 is 5.61. The summed E-state index contributed by atoms with van der Waals surface area (Å²) in [6.45, 7) is 2.88. The molecule has 8 nitrogen and oxygen atoms in total. The molecule has 8 heteroatoms. The summed E-state index contributed by atoms with van der Waals surface area (Å²) in [6, 6.07) is 4.54. The van der Waals surface area contributed by atoms with E-state index in [9.17, 15) is 19.5 Å². The minimum Gasteiger partial charge on any atom is -0.492 e. The number of nitrogens with zero attached hydrogens (tertiary/aromatic N) is 2. The van der Waals surface area contributed by atoms with Crippen molar-refractivity contribution in [2.45, 2.75) is 26.2 Å². The lowest BCUT2D eigenvalue weighted by Crippen LogP contribution is -2.38. The van der Waals surface area contributed by atoms with E-state index in [0.29, 0.717) is 36.6 Å². The first kappa shape index (κ1) is 20.0. The molecule has 1 heterocycles. The molecule has 0 unspecified atom stereocenters. The van der Waals surface area contributed by atoms with Crippen molar-refractivity contribution in [3.8, 4) is 5.75 Å². The van der Waals surface area contributed by atoms with Gasteiger partial charge in [-0.15, -0.1) is 0 Å². The van der Waals surface area contributed by atoms with Crippen LogP contribution >= 0.6 is 0 Å². The number of amides is 3. The zero-order valence-corrected chi connectivity index (χ0v) is 16.5. The molecule has 3 amide bonds. The second kappa shape index (κ2) is 7.69. The summed E-state index contributed by atoms with van der Waals surface area (Å²) in [4.78, 5) is 39.8. The molecule has 1 aromatic rings.